The van der Waals surface area contributed by atoms with Crippen LogP contribution in [0.25, 0.3) is 0 Å². The Morgan fingerprint density at radius 1 is 1.15 bits per heavy atom. The number of fused-ring (bicyclic) bond motifs is 2. The quantitative estimate of drug-likeness (QED) is 0.538. The number of nitrogens with zero attached hydrogens (tertiary/aromatic N) is 6. The van der Waals surface area contributed by atoms with Crippen molar-refractivity contribution >= 4 is 17.6 Å². The van der Waals surface area contributed by atoms with E-state index in [1.54, 1.807) is 4.90 Å². The highest BCUT2D eigenvalue weighted by Gasteiger charge is 2.39. The Labute approximate surface area is 229 Å². The summed E-state index contributed by atoms with van der Waals surface area (Å²) in [6.07, 6.45) is 5.66. The number of aromatic nitrogens is 2. The second-order valence-electron chi connectivity index (χ2n) is 11.1. The zero-order valence-corrected chi connectivity index (χ0v) is 22.6. The van der Waals surface area contributed by atoms with Gasteiger partial charge in [-0.1, -0.05) is 30.8 Å². The van der Waals surface area contributed by atoms with Gasteiger partial charge in [-0.25, -0.2) is 0 Å². The lowest BCUT2D eigenvalue weighted by atomic mass is 10.1. The Bertz CT molecular complexity index is 1280. The van der Waals surface area contributed by atoms with Crippen molar-refractivity contribution in [3.05, 3.63) is 59.3 Å². The highest BCUT2D eigenvalue weighted by molar-refractivity contribution is 5.89. The predicted octanol–water partition coefficient (Wildman–Crippen LogP) is 1.64. The van der Waals surface area contributed by atoms with E-state index in [9.17, 15) is 9.59 Å². The van der Waals surface area contributed by atoms with Crippen LogP contribution in [0.15, 0.2) is 36.9 Å². The molecule has 1 aromatic heterocycles. The summed E-state index contributed by atoms with van der Waals surface area (Å²) in [6, 6.07) is 8.96. The monoisotopic (exact) mass is 531 g/mol. The van der Waals surface area contributed by atoms with E-state index in [1.165, 1.54) is 17.2 Å². The Kier molecular flexibility index (Phi) is 6.99. The maximum atomic E-state index is 12.7. The van der Waals surface area contributed by atoms with Crippen molar-refractivity contribution in [2.75, 3.05) is 44.7 Å². The van der Waals surface area contributed by atoms with E-state index >= 15 is 0 Å². The highest BCUT2D eigenvalue weighted by Crippen LogP contribution is 2.42. The zero-order valence-electron chi connectivity index (χ0n) is 22.6. The minimum Gasteiger partial charge on any atom is -0.462 e. The van der Waals surface area contributed by atoms with Crippen LogP contribution in [0.5, 0.6) is 6.01 Å². The number of nitrogens with two attached hydrogens (primary N) is 1. The molecule has 6 rings (SSSR count). The van der Waals surface area contributed by atoms with Crippen LogP contribution in [-0.2, 0) is 29.1 Å². The van der Waals surface area contributed by atoms with E-state index in [4.69, 9.17) is 20.4 Å². The van der Waals surface area contributed by atoms with Gasteiger partial charge in [0.05, 0.1) is 12.2 Å². The number of amides is 2. The number of hydrogen-bond acceptors (Lipinski definition) is 8. The third-order valence-corrected chi connectivity index (χ3v) is 8.85. The van der Waals surface area contributed by atoms with Crippen LogP contribution >= 0.6 is 0 Å². The van der Waals surface area contributed by atoms with Crippen molar-refractivity contribution in [1.29, 1.82) is 0 Å². The van der Waals surface area contributed by atoms with E-state index in [0.29, 0.717) is 56.7 Å². The van der Waals surface area contributed by atoms with Gasteiger partial charge in [0.25, 0.3) is 0 Å². The lowest BCUT2D eigenvalue weighted by molar-refractivity contribution is -0.128. The molecule has 1 aliphatic carbocycles. The number of piperazine rings is 1. The molecule has 1 unspecified atom stereocenters. The normalized spacial score (nSPS) is 25.0. The average molecular weight is 532 g/mol. The molecule has 4 heterocycles. The van der Waals surface area contributed by atoms with Crippen LogP contribution in [-0.4, -0.2) is 88.4 Å². The average Bonchev–Trinajstić information content (AvgIpc) is 3.68. The third kappa shape index (κ3) is 4.87. The summed E-state index contributed by atoms with van der Waals surface area (Å²) in [7, 11) is 2.12. The molecule has 0 spiro atoms. The number of aryl methyl sites for hydroxylation is 1. The molecule has 0 radical (unpaired) electrons. The van der Waals surface area contributed by atoms with Crippen molar-refractivity contribution < 1.29 is 14.3 Å². The fraction of sp³-hybridized carbons (Fsp3) is 0.517. The minimum absolute atomic E-state index is 0.196. The first-order valence-electron chi connectivity index (χ1n) is 13.9. The number of ether oxygens (including phenoxy) is 1. The molecule has 10 nitrogen and oxygen atoms in total. The summed E-state index contributed by atoms with van der Waals surface area (Å²) in [5, 5.41) is 0. The van der Waals surface area contributed by atoms with Crippen molar-refractivity contribution in [3.63, 3.8) is 0 Å². The number of likely N-dealkylation sites (tertiary alicyclic amines) is 1. The topological polar surface area (TPSA) is 108 Å². The molecule has 2 saturated heterocycles. The molecule has 10 heteroatoms. The fourth-order valence-electron chi connectivity index (χ4n) is 6.65. The van der Waals surface area contributed by atoms with E-state index in [0.717, 1.165) is 43.5 Å². The maximum absolute atomic E-state index is 12.7. The standard InChI is InChI=1S/C29H37N7O3/c1-3-26(37)34-13-14-36(25(17-34)27(30)38)28-22-15-35(24-11-10-19-7-4-5-9-21(19)24)16-23(22)31-29(32-28)39-18-20-8-6-12-33(20)2/h3-5,7,9,20,24-25H,1,6,8,10-18H2,2H3,(H2,30,38)/t20-,24?,25-/m0/s1. The van der Waals surface area contributed by atoms with Gasteiger partial charge in [0.15, 0.2) is 0 Å². The van der Waals surface area contributed by atoms with Crippen LogP contribution in [0.3, 0.4) is 0 Å². The Hall–Kier alpha value is -3.50. The number of benzene rings is 1. The second kappa shape index (κ2) is 10.6. The summed E-state index contributed by atoms with van der Waals surface area (Å²) in [4.78, 5) is 43.1. The van der Waals surface area contributed by atoms with Gasteiger partial charge in [-0.2, -0.15) is 9.97 Å². The van der Waals surface area contributed by atoms with E-state index in [2.05, 4.69) is 47.7 Å². The predicted molar refractivity (Wildman–Crippen MR) is 147 cm³/mol. The van der Waals surface area contributed by atoms with Gasteiger partial charge in [0.2, 0.25) is 11.8 Å². The van der Waals surface area contributed by atoms with Gasteiger partial charge in [-0.15, -0.1) is 0 Å². The molecule has 2 N–H and O–H groups in total. The van der Waals surface area contributed by atoms with Gasteiger partial charge < -0.3 is 25.2 Å². The molecule has 2 amide bonds. The van der Waals surface area contributed by atoms with Crippen LogP contribution in [0.1, 0.15) is 47.7 Å². The number of hydrogen-bond donors (Lipinski definition) is 1. The van der Waals surface area contributed by atoms with Crippen LogP contribution in [0.4, 0.5) is 5.82 Å². The Balaban J connectivity index is 1.32. The lowest BCUT2D eigenvalue weighted by Gasteiger charge is -2.40. The number of primary amides is 1. The molecule has 3 atom stereocenters. The van der Waals surface area contributed by atoms with Crippen molar-refractivity contribution in [1.82, 2.24) is 24.7 Å². The number of rotatable bonds is 7. The molecule has 4 aliphatic rings. The Morgan fingerprint density at radius 2 is 2.00 bits per heavy atom. The third-order valence-electron chi connectivity index (χ3n) is 8.85. The number of likely N-dealkylation sites (N-methyl/N-ethyl adjacent to an activating group) is 1. The van der Waals surface area contributed by atoms with E-state index in [-0.39, 0.29) is 12.5 Å². The number of carbonyl (C=O) groups excluding carboxylic acids is 2. The molecular weight excluding hydrogens is 494 g/mol. The van der Waals surface area contributed by atoms with Crippen molar-refractivity contribution in [2.24, 2.45) is 5.73 Å². The summed E-state index contributed by atoms with van der Waals surface area (Å²) >= 11 is 0. The first-order valence-corrected chi connectivity index (χ1v) is 13.9. The smallest absolute Gasteiger partial charge is 0.318 e. The van der Waals surface area contributed by atoms with E-state index < -0.39 is 11.9 Å². The molecule has 2 fully saturated rings. The first-order chi connectivity index (χ1) is 18.9. The molecular formula is C29H37N7O3. The Morgan fingerprint density at radius 3 is 2.77 bits per heavy atom. The zero-order chi connectivity index (χ0) is 27.1. The lowest BCUT2D eigenvalue weighted by Crippen LogP contribution is -2.59. The molecule has 0 saturated carbocycles. The van der Waals surface area contributed by atoms with Crippen LogP contribution in [0.2, 0.25) is 0 Å². The van der Waals surface area contributed by atoms with Crippen molar-refractivity contribution in [2.45, 2.75) is 56.9 Å². The second-order valence-corrected chi connectivity index (χ2v) is 11.1. The van der Waals surface area contributed by atoms with Crippen molar-refractivity contribution in [3.8, 4) is 6.01 Å². The van der Waals surface area contributed by atoms with Gasteiger partial charge in [-0.3, -0.25) is 14.5 Å². The summed E-state index contributed by atoms with van der Waals surface area (Å²) in [6.45, 7) is 7.65. The molecule has 39 heavy (non-hydrogen) atoms. The summed E-state index contributed by atoms with van der Waals surface area (Å²) < 4.78 is 6.20. The van der Waals surface area contributed by atoms with Crippen LogP contribution in [0, 0.1) is 0 Å². The molecule has 2 aromatic rings. The van der Waals surface area contributed by atoms with Gasteiger partial charge in [0, 0.05) is 43.8 Å². The van der Waals surface area contributed by atoms with Crippen LogP contribution < -0.4 is 15.4 Å². The summed E-state index contributed by atoms with van der Waals surface area (Å²) in [5.74, 6) is 0.00111. The highest BCUT2D eigenvalue weighted by atomic mass is 16.5. The van der Waals surface area contributed by atoms with E-state index in [1.807, 2.05) is 4.90 Å². The SMILES string of the molecule is C=CC(=O)N1CCN(c2nc(OC[C@@H]3CCCN3C)nc3c2CN(C2CCc4ccccc42)C3)[C@H](C(N)=O)C1. The van der Waals surface area contributed by atoms with Gasteiger partial charge in [0.1, 0.15) is 18.5 Å². The largest absolute Gasteiger partial charge is 0.462 e. The fourth-order valence-corrected chi connectivity index (χ4v) is 6.65. The minimum atomic E-state index is -0.697. The molecule has 206 valence electrons. The summed E-state index contributed by atoms with van der Waals surface area (Å²) in [5.41, 5.74) is 10.6. The van der Waals surface area contributed by atoms with Gasteiger partial charge in [-0.05, 0) is 56.5 Å². The van der Waals surface area contributed by atoms with Gasteiger partial charge >= 0.3 is 6.01 Å². The number of anilines is 1. The molecule has 0 bridgehead atoms. The number of carbonyl (C=O) groups is 2. The maximum Gasteiger partial charge on any atom is 0.318 e. The molecule has 3 aliphatic heterocycles. The first kappa shape index (κ1) is 25.8. The molecule has 1 aromatic carbocycles.